The zero-order valence-electron chi connectivity index (χ0n) is 10.4. The molecule has 0 saturated carbocycles. The van der Waals surface area contributed by atoms with Crippen molar-refractivity contribution in [2.75, 3.05) is 32.8 Å². The Balaban J connectivity index is 2.51. The van der Waals surface area contributed by atoms with E-state index in [9.17, 15) is 5.11 Å². The molecule has 0 aliphatic carbocycles. The van der Waals surface area contributed by atoms with Crippen molar-refractivity contribution in [2.24, 2.45) is 5.41 Å². The van der Waals surface area contributed by atoms with Crippen LogP contribution in [0.3, 0.4) is 0 Å². The number of aliphatic hydroxyl groups is 1. The first kappa shape index (κ1) is 12.9. The van der Waals surface area contributed by atoms with Crippen LogP contribution in [0.1, 0.15) is 33.6 Å². The Hall–Kier alpha value is -0.120. The highest BCUT2D eigenvalue weighted by molar-refractivity contribution is 4.85. The number of nitrogens with zero attached hydrogens (tertiary/aromatic N) is 1. The van der Waals surface area contributed by atoms with Gasteiger partial charge < -0.3 is 15.3 Å². The van der Waals surface area contributed by atoms with E-state index in [1.54, 1.807) is 0 Å². The predicted molar refractivity (Wildman–Crippen MR) is 64.0 cm³/mol. The van der Waals surface area contributed by atoms with E-state index < -0.39 is 0 Å². The molecule has 1 unspecified atom stereocenters. The smallest absolute Gasteiger partial charge is 0.0597 e. The zero-order valence-corrected chi connectivity index (χ0v) is 10.4. The monoisotopic (exact) mass is 214 g/mol. The highest BCUT2D eigenvalue weighted by Gasteiger charge is 2.27. The van der Waals surface area contributed by atoms with E-state index in [-0.39, 0.29) is 12.6 Å². The summed E-state index contributed by atoms with van der Waals surface area (Å²) in [5, 5.41) is 12.7. The van der Waals surface area contributed by atoms with Gasteiger partial charge in [-0.25, -0.2) is 0 Å². The van der Waals surface area contributed by atoms with Crippen molar-refractivity contribution in [3.8, 4) is 0 Å². The molecule has 1 rings (SSSR count). The van der Waals surface area contributed by atoms with Crippen LogP contribution in [-0.2, 0) is 0 Å². The quantitative estimate of drug-likeness (QED) is 0.735. The van der Waals surface area contributed by atoms with Crippen LogP contribution in [0.25, 0.3) is 0 Å². The first-order valence-corrected chi connectivity index (χ1v) is 6.14. The first-order valence-electron chi connectivity index (χ1n) is 6.14. The largest absolute Gasteiger partial charge is 0.395 e. The minimum Gasteiger partial charge on any atom is -0.395 e. The van der Waals surface area contributed by atoms with Crippen molar-refractivity contribution in [3.05, 3.63) is 0 Å². The van der Waals surface area contributed by atoms with Crippen LogP contribution in [-0.4, -0.2) is 48.8 Å². The van der Waals surface area contributed by atoms with Gasteiger partial charge >= 0.3 is 0 Å². The van der Waals surface area contributed by atoms with Crippen molar-refractivity contribution < 1.29 is 5.11 Å². The molecule has 1 saturated heterocycles. The lowest BCUT2D eigenvalue weighted by atomic mass is 9.93. The fraction of sp³-hybridized carbons (Fsp3) is 1.00. The average molecular weight is 214 g/mol. The molecule has 2 N–H and O–H groups in total. The van der Waals surface area contributed by atoms with Crippen LogP contribution >= 0.6 is 0 Å². The second kappa shape index (κ2) is 5.83. The molecule has 0 amide bonds. The maximum atomic E-state index is 9.24. The summed E-state index contributed by atoms with van der Waals surface area (Å²) in [4.78, 5) is 2.49. The minimum atomic E-state index is 0.249. The Bertz CT molecular complexity index is 182. The Labute approximate surface area is 93.9 Å². The molecular formula is C12H26N2O. The third-order valence-electron chi connectivity index (χ3n) is 3.05. The van der Waals surface area contributed by atoms with Gasteiger partial charge in [0.1, 0.15) is 0 Å². The van der Waals surface area contributed by atoms with Gasteiger partial charge in [-0.05, 0) is 18.4 Å². The van der Waals surface area contributed by atoms with E-state index in [0.717, 1.165) is 26.2 Å². The lowest BCUT2D eigenvalue weighted by molar-refractivity contribution is 0.181. The number of hydrogen-bond acceptors (Lipinski definition) is 3. The number of hydrogen-bond donors (Lipinski definition) is 2. The normalized spacial score (nSPS) is 27.6. The minimum absolute atomic E-state index is 0.249. The summed E-state index contributed by atoms with van der Waals surface area (Å²) in [6.07, 6.45) is 2.50. The second-order valence-electron chi connectivity index (χ2n) is 5.51. The Morgan fingerprint density at radius 1 is 1.47 bits per heavy atom. The molecule has 3 nitrogen and oxygen atoms in total. The number of unbranched alkanes of at least 4 members (excludes halogenated alkanes) is 1. The summed E-state index contributed by atoms with van der Waals surface area (Å²) in [7, 11) is 0. The highest BCUT2D eigenvalue weighted by Crippen LogP contribution is 2.19. The lowest BCUT2D eigenvalue weighted by Gasteiger charge is -2.29. The van der Waals surface area contributed by atoms with Gasteiger partial charge in [-0.3, -0.25) is 0 Å². The zero-order chi connectivity index (χ0) is 11.3. The van der Waals surface area contributed by atoms with Crippen molar-refractivity contribution >= 4 is 0 Å². The van der Waals surface area contributed by atoms with Crippen LogP contribution in [0.15, 0.2) is 0 Å². The molecule has 1 fully saturated rings. The molecule has 1 atom stereocenters. The topological polar surface area (TPSA) is 35.5 Å². The molecule has 90 valence electrons. The summed E-state index contributed by atoms with van der Waals surface area (Å²) < 4.78 is 0. The molecule has 1 aliphatic rings. The Kier molecular flexibility index (Phi) is 5.03. The number of nitrogens with one attached hydrogen (secondary N) is 1. The van der Waals surface area contributed by atoms with Crippen molar-refractivity contribution in [3.63, 3.8) is 0 Å². The van der Waals surface area contributed by atoms with Crippen molar-refractivity contribution in [1.29, 1.82) is 0 Å². The first-order chi connectivity index (χ1) is 7.07. The highest BCUT2D eigenvalue weighted by atomic mass is 16.3. The van der Waals surface area contributed by atoms with E-state index in [4.69, 9.17) is 0 Å². The molecule has 3 heteroatoms. The Morgan fingerprint density at radius 3 is 2.80 bits per heavy atom. The van der Waals surface area contributed by atoms with Gasteiger partial charge in [0, 0.05) is 25.7 Å². The van der Waals surface area contributed by atoms with Crippen LogP contribution in [0.4, 0.5) is 0 Å². The standard InChI is InChI=1S/C12H26N2O/c1-4-5-6-14-7-11(8-15)13-9-12(2,3)10-14/h11,13,15H,4-10H2,1-3H3. The van der Waals surface area contributed by atoms with E-state index in [1.165, 1.54) is 12.8 Å². The maximum absolute atomic E-state index is 9.24. The fourth-order valence-corrected chi connectivity index (χ4v) is 2.20. The molecule has 0 spiro atoms. The molecule has 1 heterocycles. The molecule has 0 radical (unpaired) electrons. The molecular weight excluding hydrogens is 188 g/mol. The molecule has 0 aromatic carbocycles. The SMILES string of the molecule is CCCCN1CC(CO)NCC(C)(C)C1. The van der Waals surface area contributed by atoms with Gasteiger partial charge in [-0.2, -0.15) is 0 Å². The van der Waals surface area contributed by atoms with E-state index in [2.05, 4.69) is 31.0 Å². The summed E-state index contributed by atoms with van der Waals surface area (Å²) in [6.45, 7) is 11.3. The average Bonchev–Trinajstić information content (AvgIpc) is 2.33. The van der Waals surface area contributed by atoms with Crippen molar-refractivity contribution in [2.45, 2.75) is 39.7 Å². The molecule has 1 aliphatic heterocycles. The molecule has 15 heavy (non-hydrogen) atoms. The number of aliphatic hydroxyl groups excluding tert-OH is 1. The molecule has 0 aromatic heterocycles. The van der Waals surface area contributed by atoms with E-state index in [0.29, 0.717) is 5.41 Å². The summed E-state index contributed by atoms with van der Waals surface area (Å²) >= 11 is 0. The maximum Gasteiger partial charge on any atom is 0.0597 e. The van der Waals surface area contributed by atoms with Crippen LogP contribution < -0.4 is 5.32 Å². The van der Waals surface area contributed by atoms with Crippen molar-refractivity contribution in [1.82, 2.24) is 10.2 Å². The van der Waals surface area contributed by atoms with Crippen LogP contribution in [0.2, 0.25) is 0 Å². The lowest BCUT2D eigenvalue weighted by Crippen LogP contribution is -2.40. The summed E-state index contributed by atoms with van der Waals surface area (Å²) in [5.74, 6) is 0. The fourth-order valence-electron chi connectivity index (χ4n) is 2.20. The Morgan fingerprint density at radius 2 is 2.20 bits per heavy atom. The third kappa shape index (κ3) is 4.49. The molecule has 0 aromatic rings. The van der Waals surface area contributed by atoms with E-state index >= 15 is 0 Å². The van der Waals surface area contributed by atoms with Crippen LogP contribution in [0, 0.1) is 5.41 Å². The van der Waals surface area contributed by atoms with Gasteiger partial charge in [0.25, 0.3) is 0 Å². The number of rotatable bonds is 4. The van der Waals surface area contributed by atoms with Crippen LogP contribution in [0.5, 0.6) is 0 Å². The molecule has 0 bridgehead atoms. The van der Waals surface area contributed by atoms with Gasteiger partial charge in [-0.15, -0.1) is 0 Å². The van der Waals surface area contributed by atoms with Gasteiger partial charge in [0.05, 0.1) is 6.61 Å². The van der Waals surface area contributed by atoms with E-state index in [1.807, 2.05) is 0 Å². The second-order valence-corrected chi connectivity index (χ2v) is 5.51. The van der Waals surface area contributed by atoms with Gasteiger partial charge in [0.15, 0.2) is 0 Å². The summed E-state index contributed by atoms with van der Waals surface area (Å²) in [6, 6.07) is 0.253. The summed E-state index contributed by atoms with van der Waals surface area (Å²) in [5.41, 5.74) is 0.317. The van der Waals surface area contributed by atoms with Gasteiger partial charge in [0.2, 0.25) is 0 Å². The predicted octanol–water partition coefficient (Wildman–Crippen LogP) is 1.08. The van der Waals surface area contributed by atoms with Gasteiger partial charge in [-0.1, -0.05) is 27.2 Å². The third-order valence-corrected chi connectivity index (χ3v) is 3.05.